The van der Waals surface area contributed by atoms with E-state index in [9.17, 15) is 4.79 Å². The summed E-state index contributed by atoms with van der Waals surface area (Å²) in [4.78, 5) is 12.6. The number of benzene rings is 2. The summed E-state index contributed by atoms with van der Waals surface area (Å²) in [5.41, 5.74) is 3.18. The van der Waals surface area contributed by atoms with Crippen molar-refractivity contribution < 1.29 is 14.3 Å². The number of H-pyrrole nitrogens is 1. The van der Waals surface area contributed by atoms with Gasteiger partial charge in [-0.25, -0.2) is 0 Å². The molecule has 0 bridgehead atoms. The first-order valence-corrected chi connectivity index (χ1v) is 8.02. The maximum atomic E-state index is 12.6. The Morgan fingerprint density at radius 3 is 2.84 bits per heavy atom. The molecule has 0 saturated carbocycles. The molecule has 4 rings (SSSR count). The van der Waals surface area contributed by atoms with E-state index >= 15 is 0 Å². The summed E-state index contributed by atoms with van der Waals surface area (Å²) < 4.78 is 10.7. The molecule has 2 heterocycles. The lowest BCUT2D eigenvalue weighted by molar-refractivity contribution is 0.102. The minimum atomic E-state index is -0.294. The summed E-state index contributed by atoms with van der Waals surface area (Å²) in [5.74, 6) is 1.05. The highest BCUT2D eigenvalue weighted by molar-refractivity contribution is 6.34. The number of aromatic amines is 1. The van der Waals surface area contributed by atoms with Crippen LogP contribution in [0.15, 0.2) is 42.5 Å². The monoisotopic (exact) mass is 355 g/mol. The molecule has 0 unspecified atom stereocenters. The third-order valence-corrected chi connectivity index (χ3v) is 4.28. The molecular formula is C18H14ClN3O3. The summed E-state index contributed by atoms with van der Waals surface area (Å²) in [5, 5.41) is 10.5. The zero-order valence-electron chi connectivity index (χ0n) is 13.3. The molecule has 6 nitrogen and oxygen atoms in total. The fraction of sp³-hybridized carbons (Fsp3) is 0.111. The van der Waals surface area contributed by atoms with Crippen molar-refractivity contribution in [2.24, 2.45) is 0 Å². The van der Waals surface area contributed by atoms with Crippen LogP contribution in [-0.2, 0) is 0 Å². The molecule has 2 aromatic carbocycles. The van der Waals surface area contributed by atoms with Gasteiger partial charge in [0.15, 0.2) is 11.5 Å². The van der Waals surface area contributed by atoms with E-state index in [0.717, 1.165) is 11.3 Å². The molecule has 1 amide bonds. The van der Waals surface area contributed by atoms with Crippen molar-refractivity contribution in [1.29, 1.82) is 0 Å². The number of aromatic nitrogens is 2. The molecule has 2 N–H and O–H groups in total. The van der Waals surface area contributed by atoms with Crippen molar-refractivity contribution >= 4 is 23.2 Å². The molecule has 1 aliphatic rings. The second kappa shape index (κ2) is 6.14. The van der Waals surface area contributed by atoms with Gasteiger partial charge in [-0.1, -0.05) is 23.7 Å². The molecule has 0 radical (unpaired) electrons. The van der Waals surface area contributed by atoms with E-state index in [-0.39, 0.29) is 12.7 Å². The molecule has 0 aliphatic carbocycles. The first-order chi connectivity index (χ1) is 12.1. The molecule has 7 heteroatoms. The van der Waals surface area contributed by atoms with Crippen LogP contribution in [0, 0.1) is 6.92 Å². The van der Waals surface area contributed by atoms with E-state index in [1.54, 1.807) is 24.3 Å². The number of amides is 1. The molecule has 0 spiro atoms. The maximum absolute atomic E-state index is 12.6. The topological polar surface area (TPSA) is 76.2 Å². The smallest absolute Gasteiger partial charge is 0.257 e. The van der Waals surface area contributed by atoms with E-state index in [1.807, 2.05) is 25.1 Å². The first kappa shape index (κ1) is 15.5. The van der Waals surface area contributed by atoms with Crippen molar-refractivity contribution in [3.8, 4) is 22.8 Å². The Kier molecular flexibility index (Phi) is 3.82. The van der Waals surface area contributed by atoms with Crippen LogP contribution in [0.5, 0.6) is 11.5 Å². The van der Waals surface area contributed by atoms with Gasteiger partial charge in [-0.3, -0.25) is 9.89 Å². The Labute approximate surface area is 148 Å². The van der Waals surface area contributed by atoms with Crippen molar-refractivity contribution in [3.63, 3.8) is 0 Å². The molecule has 1 aliphatic heterocycles. The fourth-order valence-electron chi connectivity index (χ4n) is 2.66. The average Bonchev–Trinajstić information content (AvgIpc) is 3.22. The van der Waals surface area contributed by atoms with E-state index in [2.05, 4.69) is 15.5 Å². The Balaban J connectivity index is 1.69. The minimum absolute atomic E-state index is 0.203. The summed E-state index contributed by atoms with van der Waals surface area (Å²) in [6.07, 6.45) is 0. The van der Waals surface area contributed by atoms with Crippen molar-refractivity contribution in [1.82, 2.24) is 10.2 Å². The number of halogens is 1. The van der Waals surface area contributed by atoms with Crippen molar-refractivity contribution in [2.45, 2.75) is 6.92 Å². The van der Waals surface area contributed by atoms with Gasteiger partial charge in [0.1, 0.15) is 5.69 Å². The van der Waals surface area contributed by atoms with E-state index in [0.29, 0.717) is 33.5 Å². The molecule has 126 valence electrons. The standard InChI is InChI=1S/C18H14ClN3O3/c1-10-16(20-18(23)12-4-2-3-5-13(12)19)17(22-21-10)11-6-7-14-15(8-11)25-9-24-14/h2-8H,9H2,1H3,(H,20,23)(H,21,22). The lowest BCUT2D eigenvalue weighted by atomic mass is 10.1. The number of anilines is 1. The zero-order valence-corrected chi connectivity index (χ0v) is 14.1. The van der Waals surface area contributed by atoms with E-state index in [4.69, 9.17) is 21.1 Å². The second-order valence-electron chi connectivity index (χ2n) is 5.57. The molecular weight excluding hydrogens is 342 g/mol. The fourth-order valence-corrected chi connectivity index (χ4v) is 2.88. The maximum Gasteiger partial charge on any atom is 0.257 e. The lowest BCUT2D eigenvalue weighted by Crippen LogP contribution is -2.13. The Hall–Kier alpha value is -2.99. The molecule has 0 saturated heterocycles. The van der Waals surface area contributed by atoms with Crippen LogP contribution in [0.25, 0.3) is 11.3 Å². The average molecular weight is 356 g/mol. The minimum Gasteiger partial charge on any atom is -0.454 e. The Bertz CT molecular complexity index is 968. The van der Waals surface area contributed by atoms with Gasteiger partial charge < -0.3 is 14.8 Å². The number of rotatable bonds is 3. The van der Waals surface area contributed by atoms with Crippen LogP contribution in [-0.4, -0.2) is 22.9 Å². The number of nitrogens with one attached hydrogen (secondary N) is 2. The van der Waals surface area contributed by atoms with Gasteiger partial charge in [0.05, 0.1) is 22.0 Å². The highest BCUT2D eigenvalue weighted by Gasteiger charge is 2.20. The number of carbonyl (C=O) groups excluding carboxylic acids is 1. The van der Waals surface area contributed by atoms with Gasteiger partial charge in [-0.05, 0) is 37.3 Å². The third kappa shape index (κ3) is 2.81. The summed E-state index contributed by atoms with van der Waals surface area (Å²) >= 11 is 6.11. The highest BCUT2D eigenvalue weighted by Crippen LogP contribution is 2.38. The number of fused-ring (bicyclic) bond motifs is 1. The third-order valence-electron chi connectivity index (χ3n) is 3.95. The summed E-state index contributed by atoms with van der Waals surface area (Å²) in [6.45, 7) is 2.04. The molecule has 3 aromatic rings. The Morgan fingerprint density at radius 1 is 1.20 bits per heavy atom. The summed E-state index contributed by atoms with van der Waals surface area (Å²) in [7, 11) is 0. The number of carbonyl (C=O) groups is 1. The predicted molar refractivity (Wildman–Crippen MR) is 94.3 cm³/mol. The van der Waals surface area contributed by atoms with Gasteiger partial charge in [-0.15, -0.1) is 0 Å². The number of hydrogen-bond acceptors (Lipinski definition) is 4. The van der Waals surface area contributed by atoms with E-state index < -0.39 is 0 Å². The summed E-state index contributed by atoms with van der Waals surface area (Å²) in [6, 6.07) is 12.4. The van der Waals surface area contributed by atoms with Crippen LogP contribution in [0.4, 0.5) is 5.69 Å². The van der Waals surface area contributed by atoms with Crippen molar-refractivity contribution in [2.75, 3.05) is 12.1 Å². The molecule has 0 fully saturated rings. The van der Waals surface area contributed by atoms with Gasteiger partial charge in [0.25, 0.3) is 5.91 Å². The highest BCUT2D eigenvalue weighted by atomic mass is 35.5. The predicted octanol–water partition coefficient (Wildman–Crippen LogP) is 4.02. The number of aryl methyl sites for hydroxylation is 1. The van der Waals surface area contributed by atoms with Gasteiger partial charge in [0.2, 0.25) is 6.79 Å². The lowest BCUT2D eigenvalue weighted by Gasteiger charge is -2.08. The van der Waals surface area contributed by atoms with Gasteiger partial charge in [0, 0.05) is 5.56 Å². The van der Waals surface area contributed by atoms with Gasteiger partial charge in [-0.2, -0.15) is 5.10 Å². The number of hydrogen-bond donors (Lipinski definition) is 2. The van der Waals surface area contributed by atoms with Crippen LogP contribution >= 0.6 is 11.6 Å². The number of nitrogens with zero attached hydrogens (tertiary/aromatic N) is 1. The molecule has 25 heavy (non-hydrogen) atoms. The first-order valence-electron chi connectivity index (χ1n) is 7.64. The zero-order chi connectivity index (χ0) is 17.4. The SMILES string of the molecule is Cc1[nH]nc(-c2ccc3c(c2)OCO3)c1NC(=O)c1ccccc1Cl. The van der Waals surface area contributed by atoms with Gasteiger partial charge >= 0.3 is 0 Å². The second-order valence-corrected chi connectivity index (χ2v) is 5.98. The van der Waals surface area contributed by atoms with Crippen LogP contribution in [0.3, 0.4) is 0 Å². The van der Waals surface area contributed by atoms with Crippen LogP contribution < -0.4 is 14.8 Å². The largest absolute Gasteiger partial charge is 0.454 e. The number of ether oxygens (including phenoxy) is 2. The van der Waals surface area contributed by atoms with Crippen LogP contribution in [0.2, 0.25) is 5.02 Å². The molecule has 0 atom stereocenters. The van der Waals surface area contributed by atoms with Crippen molar-refractivity contribution in [3.05, 3.63) is 58.7 Å². The van der Waals surface area contributed by atoms with Crippen LogP contribution in [0.1, 0.15) is 16.1 Å². The van der Waals surface area contributed by atoms with E-state index in [1.165, 1.54) is 0 Å². The molecule has 1 aromatic heterocycles. The Morgan fingerprint density at radius 2 is 2.00 bits per heavy atom. The quantitative estimate of drug-likeness (QED) is 0.744. The normalized spacial score (nSPS) is 12.2.